The Balaban J connectivity index is 2.11. The fourth-order valence-corrected chi connectivity index (χ4v) is 3.05. The van der Waals surface area contributed by atoms with Crippen molar-refractivity contribution in [2.24, 2.45) is 11.3 Å². The lowest BCUT2D eigenvalue weighted by molar-refractivity contribution is 0.172. The van der Waals surface area contributed by atoms with E-state index >= 15 is 0 Å². The maximum Gasteiger partial charge on any atom is 0.00355 e. The summed E-state index contributed by atoms with van der Waals surface area (Å²) < 4.78 is 0. The Bertz CT molecular complexity index is 155. The zero-order valence-corrected chi connectivity index (χ0v) is 7.77. The fourth-order valence-electron chi connectivity index (χ4n) is 3.05. The molecule has 1 aliphatic heterocycles. The van der Waals surface area contributed by atoms with Crippen molar-refractivity contribution in [3.63, 3.8) is 0 Å². The van der Waals surface area contributed by atoms with Gasteiger partial charge in [0.05, 0.1) is 0 Å². The topological polar surface area (TPSA) is 3.24 Å². The van der Waals surface area contributed by atoms with Gasteiger partial charge in [0.15, 0.2) is 0 Å². The monoisotopic (exact) mass is 153 g/mol. The second-order valence-corrected chi connectivity index (χ2v) is 4.79. The van der Waals surface area contributed by atoms with E-state index in [9.17, 15) is 0 Å². The smallest absolute Gasteiger partial charge is 0.00355 e. The van der Waals surface area contributed by atoms with Crippen molar-refractivity contribution in [2.45, 2.75) is 32.6 Å². The van der Waals surface area contributed by atoms with Crippen LogP contribution in [0.5, 0.6) is 0 Å². The molecular weight excluding hydrogens is 134 g/mol. The molecule has 1 aliphatic carbocycles. The van der Waals surface area contributed by atoms with Gasteiger partial charge in [-0.25, -0.2) is 0 Å². The summed E-state index contributed by atoms with van der Waals surface area (Å²) in [7, 11) is 2.27. The van der Waals surface area contributed by atoms with Gasteiger partial charge < -0.3 is 4.90 Å². The summed E-state index contributed by atoms with van der Waals surface area (Å²) in [6.07, 6.45) is 5.91. The lowest BCUT2D eigenvalue weighted by atomic mass is 9.70. The molecule has 0 aromatic rings. The van der Waals surface area contributed by atoms with Crippen molar-refractivity contribution in [3.05, 3.63) is 0 Å². The van der Waals surface area contributed by atoms with Crippen molar-refractivity contribution >= 4 is 0 Å². The van der Waals surface area contributed by atoms with Crippen molar-refractivity contribution in [1.82, 2.24) is 4.90 Å². The first kappa shape index (κ1) is 7.60. The number of fused-ring (bicyclic) bond motifs is 1. The first-order valence-electron chi connectivity index (χ1n) is 4.89. The van der Waals surface area contributed by atoms with Gasteiger partial charge in [-0.2, -0.15) is 0 Å². The number of rotatable bonds is 0. The minimum atomic E-state index is 0.688. The largest absolute Gasteiger partial charge is 0.306 e. The van der Waals surface area contributed by atoms with Gasteiger partial charge in [0, 0.05) is 13.1 Å². The van der Waals surface area contributed by atoms with E-state index in [1.165, 1.54) is 38.8 Å². The van der Waals surface area contributed by atoms with Crippen molar-refractivity contribution in [2.75, 3.05) is 20.1 Å². The molecule has 0 aromatic carbocycles. The standard InChI is InChI=1S/C10H19N/c1-10-6-4-3-5-9(10)7-11(2)8-10/h9H,3-8H2,1-2H3. The van der Waals surface area contributed by atoms with Crippen LogP contribution in [0.1, 0.15) is 32.6 Å². The highest BCUT2D eigenvalue weighted by molar-refractivity contribution is 4.94. The summed E-state index contributed by atoms with van der Waals surface area (Å²) in [6, 6.07) is 0. The molecule has 0 amide bonds. The van der Waals surface area contributed by atoms with Crippen LogP contribution >= 0.6 is 0 Å². The number of hydrogen-bond donors (Lipinski definition) is 0. The van der Waals surface area contributed by atoms with Crippen LogP contribution in [0.4, 0.5) is 0 Å². The lowest BCUT2D eigenvalue weighted by Crippen LogP contribution is -2.29. The summed E-state index contributed by atoms with van der Waals surface area (Å²) >= 11 is 0. The Labute approximate surface area is 69.8 Å². The Morgan fingerprint density at radius 3 is 2.91 bits per heavy atom. The second kappa shape index (κ2) is 2.48. The molecule has 1 heterocycles. The third-order valence-electron chi connectivity index (χ3n) is 3.70. The SMILES string of the molecule is CN1CC2CCCCC2(C)C1. The molecule has 64 valence electrons. The Morgan fingerprint density at radius 2 is 2.18 bits per heavy atom. The normalized spacial score (nSPS) is 45.8. The molecule has 2 atom stereocenters. The van der Waals surface area contributed by atoms with Gasteiger partial charge in [-0.3, -0.25) is 0 Å². The van der Waals surface area contributed by atoms with Gasteiger partial charge in [-0.15, -0.1) is 0 Å². The van der Waals surface area contributed by atoms with Gasteiger partial charge in [-0.05, 0) is 31.2 Å². The van der Waals surface area contributed by atoms with Crippen molar-refractivity contribution in [1.29, 1.82) is 0 Å². The highest BCUT2D eigenvalue weighted by atomic mass is 15.1. The van der Waals surface area contributed by atoms with Crippen LogP contribution in [-0.4, -0.2) is 25.0 Å². The molecular formula is C10H19N. The van der Waals surface area contributed by atoms with E-state index in [2.05, 4.69) is 18.9 Å². The maximum absolute atomic E-state index is 2.51. The van der Waals surface area contributed by atoms with E-state index < -0.39 is 0 Å². The van der Waals surface area contributed by atoms with Crippen molar-refractivity contribution < 1.29 is 0 Å². The highest BCUT2D eigenvalue weighted by Gasteiger charge is 2.42. The molecule has 11 heavy (non-hydrogen) atoms. The summed E-state index contributed by atoms with van der Waals surface area (Å²) in [6.45, 7) is 5.19. The summed E-state index contributed by atoms with van der Waals surface area (Å²) in [5.74, 6) is 1.02. The average Bonchev–Trinajstić information content (AvgIpc) is 2.22. The molecule has 0 spiro atoms. The van der Waals surface area contributed by atoms with Gasteiger partial charge in [0.1, 0.15) is 0 Å². The first-order valence-corrected chi connectivity index (χ1v) is 4.89. The van der Waals surface area contributed by atoms with Gasteiger partial charge in [0.2, 0.25) is 0 Å². The van der Waals surface area contributed by atoms with Gasteiger partial charge in [0.25, 0.3) is 0 Å². The van der Waals surface area contributed by atoms with Crippen LogP contribution in [0.2, 0.25) is 0 Å². The quantitative estimate of drug-likeness (QED) is 0.515. The fraction of sp³-hybridized carbons (Fsp3) is 1.00. The van der Waals surface area contributed by atoms with E-state index in [1.807, 2.05) is 0 Å². The van der Waals surface area contributed by atoms with E-state index in [-0.39, 0.29) is 0 Å². The molecule has 1 nitrogen and oxygen atoms in total. The van der Waals surface area contributed by atoms with Crippen LogP contribution in [0.15, 0.2) is 0 Å². The summed E-state index contributed by atoms with van der Waals surface area (Å²) in [5, 5.41) is 0. The number of likely N-dealkylation sites (tertiary alicyclic amines) is 1. The maximum atomic E-state index is 2.51. The lowest BCUT2D eigenvalue weighted by Gasteiger charge is -2.34. The van der Waals surface area contributed by atoms with E-state index in [0.29, 0.717) is 5.41 Å². The molecule has 2 aliphatic rings. The number of nitrogens with zero attached hydrogens (tertiary/aromatic N) is 1. The minimum Gasteiger partial charge on any atom is -0.306 e. The molecule has 0 radical (unpaired) electrons. The predicted molar refractivity (Wildman–Crippen MR) is 47.6 cm³/mol. The van der Waals surface area contributed by atoms with Crippen LogP contribution in [-0.2, 0) is 0 Å². The van der Waals surface area contributed by atoms with E-state index in [1.54, 1.807) is 0 Å². The van der Waals surface area contributed by atoms with E-state index in [0.717, 1.165) is 5.92 Å². The Morgan fingerprint density at radius 1 is 1.36 bits per heavy atom. The summed E-state index contributed by atoms with van der Waals surface area (Å²) in [4.78, 5) is 2.51. The van der Waals surface area contributed by atoms with Crippen LogP contribution in [0, 0.1) is 11.3 Å². The molecule has 0 aromatic heterocycles. The molecule has 1 saturated heterocycles. The molecule has 0 N–H and O–H groups in total. The van der Waals surface area contributed by atoms with Gasteiger partial charge >= 0.3 is 0 Å². The molecule has 2 fully saturated rings. The van der Waals surface area contributed by atoms with Gasteiger partial charge in [-0.1, -0.05) is 19.8 Å². The zero-order chi connectivity index (χ0) is 7.90. The van der Waals surface area contributed by atoms with Crippen LogP contribution in [0.25, 0.3) is 0 Å². The average molecular weight is 153 g/mol. The third kappa shape index (κ3) is 1.20. The Hall–Kier alpha value is -0.0400. The second-order valence-electron chi connectivity index (χ2n) is 4.79. The first-order chi connectivity index (χ1) is 5.21. The van der Waals surface area contributed by atoms with Crippen LogP contribution in [0.3, 0.4) is 0 Å². The number of hydrogen-bond acceptors (Lipinski definition) is 1. The van der Waals surface area contributed by atoms with Crippen LogP contribution < -0.4 is 0 Å². The third-order valence-corrected chi connectivity index (χ3v) is 3.70. The summed E-state index contributed by atoms with van der Waals surface area (Å²) in [5.41, 5.74) is 0.688. The van der Waals surface area contributed by atoms with E-state index in [4.69, 9.17) is 0 Å². The molecule has 0 bridgehead atoms. The predicted octanol–water partition coefficient (Wildman–Crippen LogP) is 2.13. The Kier molecular flexibility index (Phi) is 1.71. The van der Waals surface area contributed by atoms with Crippen molar-refractivity contribution in [3.8, 4) is 0 Å². The molecule has 1 saturated carbocycles. The minimum absolute atomic E-state index is 0.688. The highest BCUT2D eigenvalue weighted by Crippen LogP contribution is 2.45. The molecule has 1 heteroatoms. The molecule has 2 unspecified atom stereocenters. The zero-order valence-electron chi connectivity index (χ0n) is 7.77. The molecule has 2 rings (SSSR count).